The van der Waals surface area contributed by atoms with E-state index in [0.29, 0.717) is 11.3 Å². The van der Waals surface area contributed by atoms with Crippen molar-refractivity contribution in [3.8, 4) is 0 Å². The Morgan fingerprint density at radius 3 is 2.57 bits per heavy atom. The minimum Gasteiger partial charge on any atom is -0.271 e. The molecule has 0 saturated carbocycles. The molecule has 0 spiro atoms. The van der Waals surface area contributed by atoms with Crippen LogP contribution in [0.25, 0.3) is 0 Å². The van der Waals surface area contributed by atoms with Gasteiger partial charge in [-0.3, -0.25) is 11.3 Å². The highest BCUT2D eigenvalue weighted by Crippen LogP contribution is 2.38. The van der Waals surface area contributed by atoms with Crippen molar-refractivity contribution >= 4 is 11.8 Å². The first-order chi connectivity index (χ1) is 10.2. The second-order valence-electron chi connectivity index (χ2n) is 5.94. The van der Waals surface area contributed by atoms with Gasteiger partial charge in [0.2, 0.25) is 0 Å². The summed E-state index contributed by atoms with van der Waals surface area (Å²) < 4.78 is 0. The first-order valence-corrected chi connectivity index (χ1v) is 8.31. The number of hydrogen-bond donors (Lipinski definition) is 2. The van der Waals surface area contributed by atoms with Gasteiger partial charge in [0.05, 0.1) is 0 Å². The molecule has 1 aliphatic rings. The van der Waals surface area contributed by atoms with Crippen LogP contribution in [0.2, 0.25) is 0 Å². The molecular weight excluding hydrogens is 276 g/mol. The van der Waals surface area contributed by atoms with Gasteiger partial charge in [-0.2, -0.15) is 0 Å². The van der Waals surface area contributed by atoms with Crippen LogP contribution in [0.4, 0.5) is 0 Å². The van der Waals surface area contributed by atoms with Crippen LogP contribution >= 0.6 is 11.8 Å². The molecule has 1 aliphatic heterocycles. The number of hydrazine groups is 1. The Hall–Kier alpha value is -1.29. The van der Waals surface area contributed by atoms with E-state index in [4.69, 9.17) is 5.84 Å². The average molecular weight is 298 g/mol. The Bertz CT molecular complexity index is 594. The number of nitrogens with two attached hydrogens (primary N) is 1. The van der Waals surface area contributed by atoms with E-state index in [1.807, 2.05) is 11.8 Å². The molecule has 0 saturated heterocycles. The second kappa shape index (κ2) is 6.22. The molecule has 0 bridgehead atoms. The monoisotopic (exact) mass is 298 g/mol. The largest absolute Gasteiger partial charge is 0.271 e. The van der Waals surface area contributed by atoms with Crippen molar-refractivity contribution in [1.82, 2.24) is 5.43 Å². The molecule has 2 unspecified atom stereocenters. The number of aryl methyl sites for hydroxylation is 2. The van der Waals surface area contributed by atoms with Crippen LogP contribution in [-0.4, -0.2) is 11.3 Å². The van der Waals surface area contributed by atoms with Crippen LogP contribution in [0, 0.1) is 13.8 Å². The lowest BCUT2D eigenvalue weighted by molar-refractivity contribution is 0.506. The van der Waals surface area contributed by atoms with Crippen molar-refractivity contribution in [3.63, 3.8) is 0 Å². The molecule has 2 atom stereocenters. The highest BCUT2D eigenvalue weighted by Gasteiger charge is 2.28. The zero-order valence-corrected chi connectivity index (χ0v) is 13.4. The van der Waals surface area contributed by atoms with Crippen LogP contribution in [0.1, 0.15) is 22.3 Å². The molecular formula is C18H22N2S. The van der Waals surface area contributed by atoms with Crippen LogP contribution in [-0.2, 0) is 12.8 Å². The topological polar surface area (TPSA) is 38.0 Å². The fraction of sp³-hybridized carbons (Fsp3) is 0.333. The summed E-state index contributed by atoms with van der Waals surface area (Å²) in [5, 5.41) is 0.508. The van der Waals surface area contributed by atoms with Crippen molar-refractivity contribution in [2.24, 2.45) is 5.84 Å². The summed E-state index contributed by atoms with van der Waals surface area (Å²) in [6, 6.07) is 15.7. The highest BCUT2D eigenvalue weighted by atomic mass is 32.2. The lowest BCUT2D eigenvalue weighted by Crippen LogP contribution is -2.44. The van der Waals surface area contributed by atoms with E-state index < -0.39 is 0 Å². The quantitative estimate of drug-likeness (QED) is 0.671. The summed E-state index contributed by atoms with van der Waals surface area (Å²) in [7, 11) is 0. The van der Waals surface area contributed by atoms with Gasteiger partial charge in [-0.05, 0) is 43.9 Å². The molecule has 0 aliphatic carbocycles. The molecule has 2 aromatic carbocycles. The van der Waals surface area contributed by atoms with E-state index >= 15 is 0 Å². The van der Waals surface area contributed by atoms with E-state index in [0.717, 1.165) is 12.8 Å². The minimum atomic E-state index is 0.295. The molecule has 110 valence electrons. The fourth-order valence-corrected chi connectivity index (χ4v) is 4.56. The summed E-state index contributed by atoms with van der Waals surface area (Å²) in [6.07, 6.45) is 2.07. The van der Waals surface area contributed by atoms with Gasteiger partial charge in [0.25, 0.3) is 0 Å². The van der Waals surface area contributed by atoms with Crippen LogP contribution in [0.3, 0.4) is 0 Å². The molecule has 3 N–H and O–H groups in total. The van der Waals surface area contributed by atoms with E-state index in [9.17, 15) is 0 Å². The Kier molecular flexibility index (Phi) is 4.34. The first kappa shape index (κ1) is 14.6. The number of rotatable bonds is 4. The molecule has 21 heavy (non-hydrogen) atoms. The Balaban J connectivity index is 1.75. The zero-order valence-electron chi connectivity index (χ0n) is 12.6. The van der Waals surface area contributed by atoms with Crippen molar-refractivity contribution in [2.45, 2.75) is 42.9 Å². The summed E-state index contributed by atoms with van der Waals surface area (Å²) in [5.41, 5.74) is 8.51. The van der Waals surface area contributed by atoms with Gasteiger partial charge in [-0.25, -0.2) is 0 Å². The molecule has 0 radical (unpaired) electrons. The number of benzene rings is 2. The third kappa shape index (κ3) is 3.31. The van der Waals surface area contributed by atoms with Gasteiger partial charge in [0.1, 0.15) is 0 Å². The number of nitrogens with one attached hydrogen (secondary N) is 1. The Morgan fingerprint density at radius 2 is 1.90 bits per heavy atom. The third-order valence-corrected chi connectivity index (χ3v) is 5.52. The first-order valence-electron chi connectivity index (χ1n) is 7.43. The van der Waals surface area contributed by atoms with Crippen molar-refractivity contribution in [2.75, 3.05) is 0 Å². The maximum Gasteiger partial charge on any atom is 0.0376 e. The molecule has 0 aromatic heterocycles. The summed E-state index contributed by atoms with van der Waals surface area (Å²) in [6.45, 7) is 4.31. The van der Waals surface area contributed by atoms with Crippen LogP contribution in [0.5, 0.6) is 0 Å². The molecule has 2 aromatic rings. The van der Waals surface area contributed by atoms with E-state index in [-0.39, 0.29) is 0 Å². The van der Waals surface area contributed by atoms with Crippen LogP contribution < -0.4 is 11.3 Å². The maximum absolute atomic E-state index is 5.85. The van der Waals surface area contributed by atoms with Gasteiger partial charge in [0, 0.05) is 16.2 Å². The minimum absolute atomic E-state index is 0.295. The second-order valence-corrected chi connectivity index (χ2v) is 7.22. The van der Waals surface area contributed by atoms with Gasteiger partial charge < -0.3 is 0 Å². The maximum atomic E-state index is 5.85. The lowest BCUT2D eigenvalue weighted by atomic mass is 9.97. The molecule has 2 nitrogen and oxygen atoms in total. The predicted molar refractivity (Wildman–Crippen MR) is 90.5 cm³/mol. The SMILES string of the molecule is Cc1cc(C)cc(CC(NN)C2Cc3ccccc3S2)c1. The third-order valence-electron chi connectivity index (χ3n) is 4.07. The van der Waals surface area contributed by atoms with E-state index in [2.05, 4.69) is 61.7 Å². The van der Waals surface area contributed by atoms with Gasteiger partial charge in [0.15, 0.2) is 0 Å². The molecule has 3 heteroatoms. The number of fused-ring (bicyclic) bond motifs is 1. The standard InChI is InChI=1S/C18H22N2S/c1-12-7-13(2)9-14(8-12)10-16(20-19)18-11-15-5-3-4-6-17(15)21-18/h3-9,16,18,20H,10-11,19H2,1-2H3. The molecule has 0 fully saturated rings. The van der Waals surface area contributed by atoms with Gasteiger partial charge in [-0.1, -0.05) is 47.5 Å². The number of thioether (sulfide) groups is 1. The van der Waals surface area contributed by atoms with E-state index in [1.54, 1.807) is 0 Å². The zero-order chi connectivity index (χ0) is 14.8. The van der Waals surface area contributed by atoms with Gasteiger partial charge in [-0.15, -0.1) is 11.8 Å². The summed E-state index contributed by atoms with van der Waals surface area (Å²) in [4.78, 5) is 1.41. The smallest absolute Gasteiger partial charge is 0.0376 e. The fourth-order valence-electron chi connectivity index (χ4n) is 3.17. The molecule has 1 heterocycles. The molecule has 3 rings (SSSR count). The molecule has 0 amide bonds. The van der Waals surface area contributed by atoms with Crippen molar-refractivity contribution in [3.05, 3.63) is 64.7 Å². The van der Waals surface area contributed by atoms with Crippen molar-refractivity contribution < 1.29 is 0 Å². The normalized spacial score (nSPS) is 18.5. The van der Waals surface area contributed by atoms with Crippen LogP contribution in [0.15, 0.2) is 47.4 Å². The van der Waals surface area contributed by atoms with Crippen molar-refractivity contribution in [1.29, 1.82) is 0 Å². The lowest BCUT2D eigenvalue weighted by Gasteiger charge is -2.22. The average Bonchev–Trinajstić information content (AvgIpc) is 2.87. The van der Waals surface area contributed by atoms with E-state index in [1.165, 1.54) is 27.1 Å². The van der Waals surface area contributed by atoms with Gasteiger partial charge >= 0.3 is 0 Å². The summed E-state index contributed by atoms with van der Waals surface area (Å²) in [5.74, 6) is 5.85. The highest BCUT2D eigenvalue weighted by molar-refractivity contribution is 8.00. The number of hydrogen-bond acceptors (Lipinski definition) is 3. The predicted octanol–water partition coefficient (Wildman–Crippen LogP) is 3.39. The Morgan fingerprint density at radius 1 is 1.19 bits per heavy atom. The summed E-state index contributed by atoms with van der Waals surface area (Å²) >= 11 is 1.95. The Labute approximate surface area is 131 Å².